The molecule has 0 nitrogen and oxygen atoms in total. The van der Waals surface area contributed by atoms with Gasteiger partial charge in [0.1, 0.15) is 0 Å². The van der Waals surface area contributed by atoms with Crippen molar-refractivity contribution < 1.29 is 15.5 Å². The summed E-state index contributed by atoms with van der Waals surface area (Å²) < 4.78 is 0. The van der Waals surface area contributed by atoms with Gasteiger partial charge in [-0.3, -0.25) is 0 Å². The van der Waals surface area contributed by atoms with E-state index < -0.39 is 15.5 Å². The van der Waals surface area contributed by atoms with Crippen molar-refractivity contribution >= 4 is 34.1 Å². The predicted molar refractivity (Wildman–Crippen MR) is 29.8 cm³/mol. The van der Waals surface area contributed by atoms with E-state index in [2.05, 4.69) is 0 Å². The van der Waals surface area contributed by atoms with Crippen molar-refractivity contribution in [3.05, 3.63) is 7.43 Å². The van der Waals surface area contributed by atoms with Gasteiger partial charge in [-0.2, -0.15) is 0 Å². The van der Waals surface area contributed by atoms with Gasteiger partial charge in [-0.25, -0.2) is 0 Å². The number of hydrogen-bond donors (Lipinski definition) is 0. The van der Waals surface area contributed by atoms with Crippen LogP contribution in [-0.4, -0.2) is 0 Å². The number of rotatable bonds is 0. The third-order valence-corrected chi connectivity index (χ3v) is 0. The molecule has 0 aromatic rings. The van der Waals surface area contributed by atoms with Gasteiger partial charge >= 0.3 is 49.5 Å². The molecule has 0 aliphatic heterocycles. The molecule has 1 radical (unpaired) electrons. The number of hydrogen-bond acceptors (Lipinski definition) is 0. The molecule has 0 spiro atoms. The zero-order chi connectivity index (χ0) is 4.50. The Morgan fingerprint density at radius 2 is 0.833 bits per heavy atom. The fourth-order valence-corrected chi connectivity index (χ4v) is 0. The quantitative estimate of drug-likeness (QED) is 0.617. The average Bonchev–Trinajstić information content (AvgIpc) is 0.722. The Labute approximate surface area is 56.3 Å². The first-order chi connectivity index (χ1) is 2.00. The average molecular weight is 248 g/mol. The van der Waals surface area contributed by atoms with E-state index in [4.69, 9.17) is 34.1 Å². The van der Waals surface area contributed by atoms with E-state index in [0.717, 1.165) is 0 Å². The zero-order valence-electron chi connectivity index (χ0n) is 3.01. The van der Waals surface area contributed by atoms with Crippen molar-refractivity contribution in [2.75, 3.05) is 0 Å². The van der Waals surface area contributed by atoms with Crippen LogP contribution in [0.5, 0.6) is 0 Å². The fourth-order valence-electron chi connectivity index (χ4n) is 0. The van der Waals surface area contributed by atoms with Gasteiger partial charge in [0.05, 0.1) is 0 Å². The Balaban J connectivity index is 0. The van der Waals surface area contributed by atoms with Crippen LogP contribution in [0.25, 0.3) is 0 Å². The van der Waals surface area contributed by atoms with Gasteiger partial charge in [0, 0.05) is 0 Å². The van der Waals surface area contributed by atoms with E-state index in [1.54, 1.807) is 0 Å². The molecule has 0 N–H and O–H groups in total. The van der Waals surface area contributed by atoms with E-state index in [1.807, 2.05) is 0 Å². The standard InChI is InChI=1S/CH3.4ClH.Zr/h1H3;4*1H;/q;;;;;+4/p-4. The first-order valence-corrected chi connectivity index (χ1v) is 13.4. The molecule has 0 heterocycles. The summed E-state index contributed by atoms with van der Waals surface area (Å²) in [5.41, 5.74) is 0. The van der Waals surface area contributed by atoms with Gasteiger partial charge in [-0.1, -0.05) is 7.43 Å². The Kier molecular flexibility index (Phi) is 7.24. The monoisotopic (exact) mass is 245 g/mol. The normalized spacial score (nSPS) is 10.0. The predicted octanol–water partition coefficient (Wildman–Crippen LogP) is 3.21. The summed E-state index contributed by atoms with van der Waals surface area (Å²) >= 11 is -3.29. The summed E-state index contributed by atoms with van der Waals surface area (Å²) in [7, 11) is 20.1. The first kappa shape index (κ1) is 10.9. The minimum absolute atomic E-state index is 0. The molecule has 6 heavy (non-hydrogen) atoms. The van der Waals surface area contributed by atoms with Crippen molar-refractivity contribution in [3.8, 4) is 0 Å². The second kappa shape index (κ2) is 3.98. The molecule has 0 aromatic carbocycles. The summed E-state index contributed by atoms with van der Waals surface area (Å²) in [5, 5.41) is 0. The van der Waals surface area contributed by atoms with Crippen LogP contribution in [0.1, 0.15) is 0 Å². The third kappa shape index (κ3) is 36.8. The Bertz CT molecular complexity index is 23.0. The summed E-state index contributed by atoms with van der Waals surface area (Å²) in [6.07, 6.45) is 0. The minimum atomic E-state index is -3.29. The SMILES string of the molecule is [CH3].[Cl][Zr]([Cl])([Cl])[Cl]. The van der Waals surface area contributed by atoms with Crippen LogP contribution in [0.15, 0.2) is 0 Å². The van der Waals surface area contributed by atoms with E-state index in [1.165, 1.54) is 0 Å². The maximum atomic E-state index is 5.04. The van der Waals surface area contributed by atoms with E-state index in [-0.39, 0.29) is 7.43 Å². The topological polar surface area (TPSA) is 0 Å². The molecule has 0 fully saturated rings. The molecule has 0 saturated heterocycles. The molecule has 0 atom stereocenters. The molecular weight excluding hydrogens is 245 g/mol. The van der Waals surface area contributed by atoms with Gasteiger partial charge in [0.25, 0.3) is 0 Å². The van der Waals surface area contributed by atoms with Gasteiger partial charge in [-0.15, -0.1) is 0 Å². The third-order valence-electron chi connectivity index (χ3n) is 0. The molecule has 5 heteroatoms. The molecule has 0 bridgehead atoms. The molecule has 0 rings (SSSR count). The van der Waals surface area contributed by atoms with Crippen molar-refractivity contribution in [3.63, 3.8) is 0 Å². The second-order valence-electron chi connectivity index (χ2n) is 0.429. The van der Waals surface area contributed by atoms with E-state index in [9.17, 15) is 0 Å². The van der Waals surface area contributed by atoms with Crippen LogP contribution in [0.3, 0.4) is 0 Å². The van der Waals surface area contributed by atoms with Gasteiger partial charge in [-0.05, 0) is 0 Å². The molecule has 0 aromatic heterocycles. The Morgan fingerprint density at radius 3 is 0.833 bits per heavy atom. The van der Waals surface area contributed by atoms with Crippen LogP contribution in [0, 0.1) is 7.43 Å². The summed E-state index contributed by atoms with van der Waals surface area (Å²) in [6.45, 7) is 0. The molecular formula is CH3Cl4Zr. The van der Waals surface area contributed by atoms with E-state index in [0.29, 0.717) is 0 Å². The van der Waals surface area contributed by atoms with Crippen molar-refractivity contribution in [1.82, 2.24) is 0 Å². The molecule has 39 valence electrons. The van der Waals surface area contributed by atoms with Gasteiger partial charge in [0.2, 0.25) is 0 Å². The van der Waals surface area contributed by atoms with Crippen LogP contribution in [0.4, 0.5) is 0 Å². The first-order valence-electron chi connectivity index (χ1n) is 0.756. The summed E-state index contributed by atoms with van der Waals surface area (Å²) in [5.74, 6) is 0. The van der Waals surface area contributed by atoms with Crippen LogP contribution < -0.4 is 0 Å². The zero-order valence-corrected chi connectivity index (χ0v) is 8.49. The van der Waals surface area contributed by atoms with E-state index >= 15 is 0 Å². The van der Waals surface area contributed by atoms with Crippen molar-refractivity contribution in [1.29, 1.82) is 0 Å². The van der Waals surface area contributed by atoms with Gasteiger partial charge < -0.3 is 0 Å². The molecule has 0 aliphatic rings. The molecule has 0 unspecified atom stereocenters. The Hall–Kier alpha value is 2.04. The van der Waals surface area contributed by atoms with Gasteiger partial charge in [0.15, 0.2) is 0 Å². The molecule has 0 saturated carbocycles. The molecule has 0 amide bonds. The van der Waals surface area contributed by atoms with Crippen LogP contribution in [-0.2, 0) is 15.5 Å². The Morgan fingerprint density at radius 1 is 0.833 bits per heavy atom. The van der Waals surface area contributed by atoms with Crippen molar-refractivity contribution in [2.45, 2.75) is 0 Å². The number of halogens is 4. The fraction of sp³-hybridized carbons (Fsp3) is 0. The van der Waals surface area contributed by atoms with Crippen LogP contribution in [0.2, 0.25) is 0 Å². The second-order valence-corrected chi connectivity index (χ2v) is 22.8. The molecule has 0 aliphatic carbocycles. The van der Waals surface area contributed by atoms with Crippen molar-refractivity contribution in [2.24, 2.45) is 0 Å². The summed E-state index contributed by atoms with van der Waals surface area (Å²) in [6, 6.07) is 0. The van der Waals surface area contributed by atoms with Crippen LogP contribution >= 0.6 is 34.1 Å². The summed E-state index contributed by atoms with van der Waals surface area (Å²) in [4.78, 5) is 0. The maximum absolute atomic E-state index is 5.04.